The average Bonchev–Trinajstić information content (AvgIpc) is 3.43. The van der Waals surface area contributed by atoms with Crippen molar-refractivity contribution in [3.8, 4) is 22.9 Å². The molecule has 0 saturated heterocycles. The Bertz CT molecular complexity index is 1780. The second-order valence-electron chi connectivity index (χ2n) is 10.5. The molecule has 3 aromatic heterocycles. The normalized spacial score (nSPS) is 11.1. The van der Waals surface area contributed by atoms with Crippen molar-refractivity contribution in [3.05, 3.63) is 84.8 Å². The summed E-state index contributed by atoms with van der Waals surface area (Å²) < 4.78 is 13.1. The Morgan fingerprint density at radius 1 is 0.837 bits per heavy atom. The largest absolute Gasteiger partial charge is 0.497 e. The number of benzene rings is 2. The molecule has 0 aliphatic heterocycles. The van der Waals surface area contributed by atoms with Gasteiger partial charge in [-0.3, -0.25) is 15.6 Å². The SMILES string of the molecule is CNC(=O)Nc1cc(Oc2ccc(NC(=O)Nc3cc(C(C)(C)C)nn3-c3ccc(OC)cc3)c3cccnc23)ccn1. The summed E-state index contributed by atoms with van der Waals surface area (Å²) in [6.07, 6.45) is 3.17. The number of nitrogens with zero attached hydrogens (tertiary/aromatic N) is 4. The number of methoxy groups -OCH3 is 1. The van der Waals surface area contributed by atoms with Crippen LogP contribution in [0.3, 0.4) is 0 Å². The molecule has 0 fully saturated rings. The van der Waals surface area contributed by atoms with Gasteiger partial charge in [-0.15, -0.1) is 0 Å². The summed E-state index contributed by atoms with van der Waals surface area (Å²) in [6.45, 7) is 6.18. The monoisotopic (exact) mass is 580 g/mol. The zero-order valence-corrected chi connectivity index (χ0v) is 24.4. The van der Waals surface area contributed by atoms with Crippen LogP contribution < -0.4 is 30.7 Å². The van der Waals surface area contributed by atoms with Gasteiger partial charge in [-0.2, -0.15) is 5.10 Å². The molecule has 43 heavy (non-hydrogen) atoms. The number of rotatable bonds is 7. The molecule has 0 aliphatic rings. The number of urea groups is 2. The van der Waals surface area contributed by atoms with Gasteiger partial charge in [0.25, 0.3) is 0 Å². The minimum Gasteiger partial charge on any atom is -0.497 e. The van der Waals surface area contributed by atoms with Crippen LogP contribution in [-0.4, -0.2) is 46.0 Å². The van der Waals surface area contributed by atoms with Gasteiger partial charge in [0.15, 0.2) is 5.75 Å². The van der Waals surface area contributed by atoms with E-state index >= 15 is 0 Å². The van der Waals surface area contributed by atoms with Gasteiger partial charge in [0.05, 0.1) is 24.2 Å². The smallest absolute Gasteiger partial charge is 0.324 e. The molecule has 12 heteroatoms. The first-order valence-corrected chi connectivity index (χ1v) is 13.5. The fourth-order valence-corrected chi connectivity index (χ4v) is 4.21. The van der Waals surface area contributed by atoms with Crippen LogP contribution in [0.5, 0.6) is 17.2 Å². The van der Waals surface area contributed by atoms with Crippen LogP contribution in [0.2, 0.25) is 0 Å². The Morgan fingerprint density at radius 3 is 2.35 bits per heavy atom. The summed E-state index contributed by atoms with van der Waals surface area (Å²) in [4.78, 5) is 33.6. The number of carbonyl (C=O) groups is 2. The van der Waals surface area contributed by atoms with Gasteiger partial charge in [0.2, 0.25) is 0 Å². The standard InChI is InChI=1S/C31H32N8O4/c1-31(2,3)25-18-27(39(38-25)19-8-10-20(42-5)11-9-19)37-30(41)35-23-12-13-24(28-22(23)7-6-15-34-28)43-21-14-16-33-26(17-21)36-29(40)32-4/h6-18H,1-5H3,(H2,35,37,41)(H2,32,33,36,40). The third kappa shape index (κ3) is 6.64. The van der Waals surface area contributed by atoms with Crippen molar-refractivity contribution in [2.45, 2.75) is 26.2 Å². The Labute approximate surface area is 248 Å². The maximum atomic E-state index is 13.3. The van der Waals surface area contributed by atoms with Crippen LogP contribution >= 0.6 is 0 Å². The highest BCUT2D eigenvalue weighted by molar-refractivity contribution is 6.06. The molecule has 0 aliphatic carbocycles. The van der Waals surface area contributed by atoms with Gasteiger partial charge in [-0.1, -0.05) is 20.8 Å². The van der Waals surface area contributed by atoms with Crippen LogP contribution in [0.4, 0.5) is 26.9 Å². The van der Waals surface area contributed by atoms with Crippen molar-refractivity contribution in [1.82, 2.24) is 25.1 Å². The van der Waals surface area contributed by atoms with Crippen molar-refractivity contribution >= 4 is 40.3 Å². The van der Waals surface area contributed by atoms with Gasteiger partial charge in [-0.25, -0.2) is 19.3 Å². The van der Waals surface area contributed by atoms with Gasteiger partial charge < -0.3 is 20.1 Å². The van der Waals surface area contributed by atoms with E-state index in [2.05, 4.69) is 52.0 Å². The fraction of sp³-hybridized carbons (Fsp3) is 0.194. The zero-order valence-electron chi connectivity index (χ0n) is 24.4. The second-order valence-corrected chi connectivity index (χ2v) is 10.5. The lowest BCUT2D eigenvalue weighted by molar-refractivity contribution is 0.254. The van der Waals surface area contributed by atoms with E-state index in [1.165, 1.54) is 13.2 Å². The molecule has 4 amide bonds. The van der Waals surface area contributed by atoms with E-state index in [0.717, 1.165) is 17.1 Å². The number of pyridine rings is 2. The van der Waals surface area contributed by atoms with E-state index in [1.807, 2.05) is 36.4 Å². The van der Waals surface area contributed by atoms with E-state index in [9.17, 15) is 9.59 Å². The maximum absolute atomic E-state index is 13.3. The number of fused-ring (bicyclic) bond motifs is 1. The molecule has 0 unspecified atom stereocenters. The van der Waals surface area contributed by atoms with Crippen LogP contribution in [0.15, 0.2) is 79.1 Å². The number of hydrogen-bond donors (Lipinski definition) is 4. The lowest BCUT2D eigenvalue weighted by Gasteiger charge is -2.14. The van der Waals surface area contributed by atoms with Crippen LogP contribution in [0.25, 0.3) is 16.6 Å². The second kappa shape index (κ2) is 12.1. The summed E-state index contributed by atoms with van der Waals surface area (Å²) in [5.41, 5.74) is 2.43. The Balaban J connectivity index is 1.39. The van der Waals surface area contributed by atoms with Crippen molar-refractivity contribution in [2.24, 2.45) is 0 Å². The van der Waals surface area contributed by atoms with Crippen LogP contribution in [0.1, 0.15) is 26.5 Å². The zero-order chi connectivity index (χ0) is 30.6. The van der Waals surface area contributed by atoms with E-state index in [0.29, 0.717) is 39.7 Å². The summed E-state index contributed by atoms with van der Waals surface area (Å²) in [5.74, 6) is 2.47. The molecule has 3 heterocycles. The van der Waals surface area contributed by atoms with E-state index in [-0.39, 0.29) is 5.41 Å². The van der Waals surface area contributed by atoms with E-state index in [1.54, 1.807) is 48.3 Å². The fourth-order valence-electron chi connectivity index (χ4n) is 4.21. The molecular formula is C31H32N8O4. The molecule has 0 bridgehead atoms. The first-order chi connectivity index (χ1) is 20.6. The summed E-state index contributed by atoms with van der Waals surface area (Å²) >= 11 is 0. The quantitative estimate of drug-likeness (QED) is 0.177. The molecule has 4 N–H and O–H groups in total. The van der Waals surface area contributed by atoms with Crippen molar-refractivity contribution < 1.29 is 19.1 Å². The highest BCUT2D eigenvalue weighted by Crippen LogP contribution is 2.34. The third-order valence-electron chi connectivity index (χ3n) is 6.45. The molecule has 5 aromatic rings. The minimum atomic E-state index is -0.451. The molecule has 2 aromatic carbocycles. The first kappa shape index (κ1) is 28.9. The maximum Gasteiger partial charge on any atom is 0.324 e. The lowest BCUT2D eigenvalue weighted by atomic mass is 9.92. The number of hydrogen-bond acceptors (Lipinski definition) is 7. The first-order valence-electron chi connectivity index (χ1n) is 13.5. The molecule has 0 spiro atoms. The highest BCUT2D eigenvalue weighted by atomic mass is 16.5. The number of aromatic nitrogens is 4. The van der Waals surface area contributed by atoms with Gasteiger partial charge in [0, 0.05) is 42.4 Å². The average molecular weight is 581 g/mol. The van der Waals surface area contributed by atoms with Crippen molar-refractivity contribution in [3.63, 3.8) is 0 Å². The number of nitrogens with one attached hydrogen (secondary N) is 4. The predicted molar refractivity (Wildman–Crippen MR) is 166 cm³/mol. The Morgan fingerprint density at radius 2 is 1.63 bits per heavy atom. The summed E-state index contributed by atoms with van der Waals surface area (Å²) in [6, 6.07) is 18.8. The third-order valence-corrected chi connectivity index (χ3v) is 6.45. The number of anilines is 3. The van der Waals surface area contributed by atoms with Gasteiger partial charge >= 0.3 is 12.1 Å². The van der Waals surface area contributed by atoms with Crippen molar-refractivity contribution in [2.75, 3.05) is 30.1 Å². The van der Waals surface area contributed by atoms with Gasteiger partial charge in [0.1, 0.15) is 28.7 Å². The summed E-state index contributed by atoms with van der Waals surface area (Å²) in [7, 11) is 3.12. The van der Waals surface area contributed by atoms with Crippen molar-refractivity contribution in [1.29, 1.82) is 0 Å². The van der Waals surface area contributed by atoms with Crippen LogP contribution in [0, 0.1) is 0 Å². The molecule has 0 saturated carbocycles. The molecule has 0 radical (unpaired) electrons. The minimum absolute atomic E-state index is 0.240. The van der Waals surface area contributed by atoms with E-state index in [4.69, 9.17) is 14.6 Å². The van der Waals surface area contributed by atoms with Gasteiger partial charge in [-0.05, 0) is 54.6 Å². The molecule has 220 valence electrons. The lowest BCUT2D eigenvalue weighted by Crippen LogP contribution is -2.24. The Kier molecular flexibility index (Phi) is 8.10. The molecule has 5 rings (SSSR count). The number of carbonyl (C=O) groups excluding carboxylic acids is 2. The van der Waals surface area contributed by atoms with Crippen LogP contribution in [-0.2, 0) is 5.41 Å². The Hall–Kier alpha value is -5.65. The molecule has 0 atom stereocenters. The number of ether oxygens (including phenoxy) is 2. The molecular weight excluding hydrogens is 548 g/mol. The predicted octanol–water partition coefficient (Wildman–Crippen LogP) is 6.31. The highest BCUT2D eigenvalue weighted by Gasteiger charge is 2.22. The summed E-state index contributed by atoms with van der Waals surface area (Å²) in [5, 5.41) is 16.4. The topological polar surface area (TPSA) is 144 Å². The number of amides is 4. The molecule has 12 nitrogen and oxygen atoms in total. The van der Waals surface area contributed by atoms with E-state index < -0.39 is 12.1 Å².